The van der Waals surface area contributed by atoms with E-state index in [-0.39, 0.29) is 5.78 Å². The second kappa shape index (κ2) is 6.80. The molecule has 22 heavy (non-hydrogen) atoms. The van der Waals surface area contributed by atoms with Crippen molar-refractivity contribution in [2.75, 3.05) is 0 Å². The molecule has 0 atom stereocenters. The molecule has 0 aliphatic heterocycles. The van der Waals surface area contributed by atoms with Crippen LogP contribution < -0.4 is 0 Å². The van der Waals surface area contributed by atoms with Crippen molar-refractivity contribution in [3.8, 4) is 9.75 Å². The van der Waals surface area contributed by atoms with Gasteiger partial charge in [-0.05, 0) is 53.4 Å². The molecule has 0 fully saturated rings. The molecular weight excluding hydrogens is 355 g/mol. The van der Waals surface area contributed by atoms with Crippen LogP contribution in [0.3, 0.4) is 0 Å². The summed E-state index contributed by atoms with van der Waals surface area (Å²) in [6, 6.07) is 13.1. The van der Waals surface area contributed by atoms with E-state index in [0.29, 0.717) is 14.9 Å². The average molecular weight is 365 g/mol. The largest absolute Gasteiger partial charge is 0.288 e. The van der Waals surface area contributed by atoms with Gasteiger partial charge in [0.25, 0.3) is 0 Å². The maximum Gasteiger partial charge on any atom is 0.195 e. The molecule has 0 bridgehead atoms. The summed E-state index contributed by atoms with van der Waals surface area (Å²) in [4.78, 5) is 15.2. The highest BCUT2D eigenvalue weighted by molar-refractivity contribution is 7.22. The Morgan fingerprint density at radius 3 is 2.64 bits per heavy atom. The number of carbonyl (C=O) groups excluding carboxylic acids is 1. The van der Waals surface area contributed by atoms with Crippen LogP contribution in [0.4, 0.5) is 0 Å². The molecule has 0 saturated carbocycles. The van der Waals surface area contributed by atoms with E-state index >= 15 is 0 Å². The number of benzene rings is 1. The summed E-state index contributed by atoms with van der Waals surface area (Å²) in [6.45, 7) is 0. The van der Waals surface area contributed by atoms with Gasteiger partial charge < -0.3 is 0 Å². The number of rotatable bonds is 4. The van der Waals surface area contributed by atoms with Gasteiger partial charge >= 0.3 is 0 Å². The Morgan fingerprint density at radius 2 is 1.91 bits per heavy atom. The van der Waals surface area contributed by atoms with Crippen molar-refractivity contribution in [1.82, 2.24) is 0 Å². The van der Waals surface area contributed by atoms with Gasteiger partial charge in [-0.2, -0.15) is 0 Å². The molecule has 3 rings (SSSR count). The van der Waals surface area contributed by atoms with Crippen LogP contribution >= 0.6 is 45.9 Å². The minimum atomic E-state index is -0.0289. The molecule has 5 heteroatoms. The van der Waals surface area contributed by atoms with Gasteiger partial charge in [-0.25, -0.2) is 0 Å². The Balaban J connectivity index is 1.78. The highest BCUT2D eigenvalue weighted by Gasteiger charge is 2.08. The zero-order valence-corrected chi connectivity index (χ0v) is 14.4. The van der Waals surface area contributed by atoms with Crippen LogP contribution in [0.5, 0.6) is 0 Å². The zero-order chi connectivity index (χ0) is 15.5. The molecule has 0 unspecified atom stereocenters. The van der Waals surface area contributed by atoms with Gasteiger partial charge in [0.15, 0.2) is 5.78 Å². The van der Waals surface area contributed by atoms with Gasteiger partial charge in [-0.3, -0.25) is 4.79 Å². The average Bonchev–Trinajstić information content (AvgIpc) is 3.17. The Bertz CT molecular complexity index is 832. The van der Waals surface area contributed by atoms with Gasteiger partial charge in [0.1, 0.15) is 0 Å². The molecule has 2 aromatic heterocycles. The van der Waals surface area contributed by atoms with E-state index in [4.69, 9.17) is 23.2 Å². The molecule has 110 valence electrons. The lowest BCUT2D eigenvalue weighted by Gasteiger charge is -1.98. The molecule has 0 radical (unpaired) electrons. The number of ketones is 1. The molecular formula is C17H10Cl2OS2. The van der Waals surface area contributed by atoms with E-state index in [1.807, 2.05) is 29.6 Å². The smallest absolute Gasteiger partial charge is 0.195 e. The number of hydrogen-bond donors (Lipinski definition) is 0. The molecule has 0 aliphatic carbocycles. The number of thiophene rings is 2. The first-order valence-electron chi connectivity index (χ1n) is 6.44. The molecule has 2 heterocycles. The molecule has 0 spiro atoms. The molecule has 1 nitrogen and oxygen atoms in total. The first-order valence-corrected chi connectivity index (χ1v) is 8.90. The van der Waals surface area contributed by atoms with Crippen LogP contribution in [0.25, 0.3) is 15.8 Å². The summed E-state index contributed by atoms with van der Waals surface area (Å²) in [5, 5.41) is 3.13. The number of allylic oxidation sites excluding steroid dienone is 1. The van der Waals surface area contributed by atoms with Crippen molar-refractivity contribution in [3.05, 3.63) is 74.4 Å². The van der Waals surface area contributed by atoms with E-state index in [1.54, 1.807) is 41.7 Å². The summed E-state index contributed by atoms with van der Waals surface area (Å²) in [7, 11) is 0. The summed E-state index contributed by atoms with van der Waals surface area (Å²) in [5.74, 6) is -0.0289. The van der Waals surface area contributed by atoms with Crippen LogP contribution in [-0.2, 0) is 0 Å². The van der Waals surface area contributed by atoms with Crippen LogP contribution in [-0.4, -0.2) is 5.78 Å². The van der Waals surface area contributed by atoms with Crippen molar-refractivity contribution < 1.29 is 4.79 Å². The van der Waals surface area contributed by atoms with Crippen LogP contribution in [0.1, 0.15) is 15.2 Å². The highest BCUT2D eigenvalue weighted by atomic mass is 35.5. The molecule has 1 aromatic carbocycles. The van der Waals surface area contributed by atoms with E-state index < -0.39 is 0 Å². The van der Waals surface area contributed by atoms with E-state index in [2.05, 4.69) is 0 Å². The molecule has 0 saturated heterocycles. The zero-order valence-electron chi connectivity index (χ0n) is 11.3. The Hall–Kier alpha value is -1.39. The van der Waals surface area contributed by atoms with Gasteiger partial charge in [-0.15, -0.1) is 22.7 Å². The summed E-state index contributed by atoms with van der Waals surface area (Å²) < 4.78 is 0. The van der Waals surface area contributed by atoms with Crippen molar-refractivity contribution in [1.29, 1.82) is 0 Å². The van der Waals surface area contributed by atoms with Gasteiger partial charge in [0.2, 0.25) is 0 Å². The fraction of sp³-hybridized carbons (Fsp3) is 0. The minimum absolute atomic E-state index is 0.0289. The third kappa shape index (κ3) is 3.50. The normalized spacial score (nSPS) is 11.2. The predicted octanol–water partition coefficient (Wildman–Crippen LogP) is 6.68. The SMILES string of the molecule is O=C(/C=C\c1ccc(Cl)cc1Cl)c1ccc(-c2cccs2)s1. The lowest BCUT2D eigenvalue weighted by Crippen LogP contribution is -1.88. The first kappa shape index (κ1) is 15.5. The quantitative estimate of drug-likeness (QED) is 0.372. The lowest BCUT2D eigenvalue weighted by atomic mass is 10.2. The Labute approximate surface area is 146 Å². The number of halogens is 2. The third-order valence-corrected chi connectivity index (χ3v) is 5.72. The van der Waals surface area contributed by atoms with E-state index in [1.165, 1.54) is 16.2 Å². The van der Waals surface area contributed by atoms with Gasteiger partial charge in [0.05, 0.1) is 4.88 Å². The summed E-state index contributed by atoms with van der Waals surface area (Å²) in [5.41, 5.74) is 0.773. The maximum absolute atomic E-state index is 12.2. The van der Waals surface area contributed by atoms with Gasteiger partial charge in [-0.1, -0.05) is 35.3 Å². The summed E-state index contributed by atoms with van der Waals surface area (Å²) >= 11 is 15.1. The minimum Gasteiger partial charge on any atom is -0.288 e. The standard InChI is InChI=1S/C17H10Cl2OS2/c18-12-5-3-11(13(19)10-12)4-6-14(20)15-7-8-17(22-15)16-2-1-9-21-16/h1-10H/b6-4-. The molecule has 0 N–H and O–H groups in total. The second-order valence-electron chi connectivity index (χ2n) is 4.50. The fourth-order valence-corrected chi connectivity index (χ4v) is 4.14. The fourth-order valence-electron chi connectivity index (χ4n) is 1.91. The van der Waals surface area contributed by atoms with E-state index in [0.717, 1.165) is 10.4 Å². The van der Waals surface area contributed by atoms with E-state index in [9.17, 15) is 4.79 Å². The second-order valence-corrected chi connectivity index (χ2v) is 7.38. The van der Waals surface area contributed by atoms with Crippen LogP contribution in [0.15, 0.2) is 53.9 Å². The first-order chi connectivity index (χ1) is 10.6. The third-order valence-electron chi connectivity index (χ3n) is 2.99. The molecule has 0 amide bonds. The summed E-state index contributed by atoms with van der Waals surface area (Å²) in [6.07, 6.45) is 3.25. The number of carbonyl (C=O) groups is 1. The monoisotopic (exact) mass is 364 g/mol. The van der Waals surface area contributed by atoms with Crippen LogP contribution in [0, 0.1) is 0 Å². The Kier molecular flexibility index (Phi) is 4.79. The maximum atomic E-state index is 12.2. The molecule has 3 aromatic rings. The van der Waals surface area contributed by atoms with Crippen LogP contribution in [0.2, 0.25) is 10.0 Å². The number of hydrogen-bond acceptors (Lipinski definition) is 3. The predicted molar refractivity (Wildman–Crippen MR) is 97.5 cm³/mol. The highest BCUT2D eigenvalue weighted by Crippen LogP contribution is 2.32. The topological polar surface area (TPSA) is 17.1 Å². The van der Waals surface area contributed by atoms with Crippen molar-refractivity contribution in [2.24, 2.45) is 0 Å². The lowest BCUT2D eigenvalue weighted by molar-refractivity contribution is 0.105. The van der Waals surface area contributed by atoms with Crippen molar-refractivity contribution in [3.63, 3.8) is 0 Å². The van der Waals surface area contributed by atoms with Crippen molar-refractivity contribution in [2.45, 2.75) is 0 Å². The van der Waals surface area contributed by atoms with Crippen molar-refractivity contribution >= 4 is 57.7 Å². The molecule has 0 aliphatic rings. The van der Waals surface area contributed by atoms with Gasteiger partial charge in [0, 0.05) is 19.8 Å². The Morgan fingerprint density at radius 1 is 1.05 bits per heavy atom.